The summed E-state index contributed by atoms with van der Waals surface area (Å²) in [5.41, 5.74) is 11.7. The van der Waals surface area contributed by atoms with Crippen molar-refractivity contribution in [2.24, 2.45) is 7.05 Å². The second kappa shape index (κ2) is 9.17. The van der Waals surface area contributed by atoms with Gasteiger partial charge in [0.25, 0.3) is 0 Å². The van der Waals surface area contributed by atoms with Gasteiger partial charge in [0.1, 0.15) is 5.82 Å². The second-order valence-electron chi connectivity index (χ2n) is 11.3. The number of para-hydroxylation sites is 1. The van der Waals surface area contributed by atoms with Crippen LogP contribution >= 0.6 is 0 Å². The molecule has 0 aliphatic carbocycles. The average Bonchev–Trinajstić information content (AvgIpc) is 3.59. The fourth-order valence-corrected chi connectivity index (χ4v) is 6.89. The van der Waals surface area contributed by atoms with Crippen molar-refractivity contribution in [2.45, 2.75) is 0 Å². The van der Waals surface area contributed by atoms with Gasteiger partial charge in [0, 0.05) is 29.1 Å². The Bertz CT molecular complexity index is 2450. The van der Waals surface area contributed by atoms with E-state index in [1.54, 1.807) is 0 Å². The highest BCUT2D eigenvalue weighted by Crippen LogP contribution is 2.43. The van der Waals surface area contributed by atoms with Gasteiger partial charge < -0.3 is 9.13 Å². The zero-order valence-electron chi connectivity index (χ0n) is 23.7. The summed E-state index contributed by atoms with van der Waals surface area (Å²) in [6, 6.07) is 52.4. The van der Waals surface area contributed by atoms with Crippen LogP contribution in [-0.2, 0) is 7.05 Å². The van der Waals surface area contributed by atoms with E-state index in [4.69, 9.17) is 4.98 Å². The van der Waals surface area contributed by atoms with Crippen molar-refractivity contribution in [1.29, 1.82) is 0 Å². The normalized spacial score (nSPS) is 11.8. The molecule has 0 spiro atoms. The monoisotopic (exact) mass is 549 g/mol. The van der Waals surface area contributed by atoms with Gasteiger partial charge in [-0.05, 0) is 75.5 Å². The summed E-state index contributed by atoms with van der Waals surface area (Å²) >= 11 is 0. The van der Waals surface area contributed by atoms with Gasteiger partial charge >= 0.3 is 0 Å². The van der Waals surface area contributed by atoms with Crippen LogP contribution in [0.2, 0.25) is 0 Å². The third kappa shape index (κ3) is 3.58. The summed E-state index contributed by atoms with van der Waals surface area (Å²) in [4.78, 5) is 5.02. The van der Waals surface area contributed by atoms with Crippen LogP contribution in [0.1, 0.15) is 0 Å². The molecule has 0 fully saturated rings. The third-order valence-corrected chi connectivity index (χ3v) is 8.89. The molecule has 0 saturated carbocycles. The number of benzene rings is 7. The van der Waals surface area contributed by atoms with E-state index < -0.39 is 0 Å². The number of nitrogens with zero attached hydrogens (tertiary/aromatic N) is 3. The molecule has 3 heteroatoms. The molecule has 43 heavy (non-hydrogen) atoms. The predicted octanol–water partition coefficient (Wildman–Crippen LogP) is 10.3. The van der Waals surface area contributed by atoms with Crippen LogP contribution in [-0.4, -0.2) is 14.1 Å². The summed E-state index contributed by atoms with van der Waals surface area (Å²) < 4.78 is 4.58. The van der Waals surface area contributed by atoms with E-state index in [1.165, 1.54) is 60.5 Å². The molecule has 0 aliphatic heterocycles. The zero-order valence-corrected chi connectivity index (χ0v) is 23.7. The first kappa shape index (κ1) is 24.0. The fraction of sp³-hybridized carbons (Fsp3) is 0.0250. The van der Waals surface area contributed by atoms with Gasteiger partial charge in [-0.1, -0.05) is 103 Å². The maximum Gasteiger partial charge on any atom is 0.140 e. The van der Waals surface area contributed by atoms with E-state index in [0.29, 0.717) is 0 Å². The molecule has 0 radical (unpaired) electrons. The van der Waals surface area contributed by atoms with Crippen molar-refractivity contribution in [1.82, 2.24) is 14.1 Å². The van der Waals surface area contributed by atoms with Crippen LogP contribution in [0.4, 0.5) is 0 Å². The molecule has 2 aromatic heterocycles. The maximum absolute atomic E-state index is 5.02. The summed E-state index contributed by atoms with van der Waals surface area (Å²) in [6.45, 7) is 0. The van der Waals surface area contributed by atoms with Crippen molar-refractivity contribution in [3.63, 3.8) is 0 Å². The van der Waals surface area contributed by atoms with Crippen LogP contribution in [0, 0.1) is 0 Å². The van der Waals surface area contributed by atoms with Crippen molar-refractivity contribution in [2.75, 3.05) is 0 Å². The lowest BCUT2D eigenvalue weighted by Crippen LogP contribution is -1.93. The summed E-state index contributed by atoms with van der Waals surface area (Å²) in [7, 11) is 2.09. The molecular formula is C40H27N3. The highest BCUT2D eigenvalue weighted by Gasteiger charge is 2.19. The molecule has 0 unspecified atom stereocenters. The largest absolute Gasteiger partial charge is 0.327 e. The highest BCUT2D eigenvalue weighted by molar-refractivity contribution is 6.26. The zero-order chi connectivity index (χ0) is 28.5. The highest BCUT2D eigenvalue weighted by atomic mass is 15.1. The van der Waals surface area contributed by atoms with Gasteiger partial charge in [-0.15, -0.1) is 0 Å². The molecule has 9 aromatic rings. The first-order valence-electron chi connectivity index (χ1n) is 14.7. The summed E-state index contributed by atoms with van der Waals surface area (Å²) in [5, 5.41) is 5.20. The molecule has 0 N–H and O–H groups in total. The van der Waals surface area contributed by atoms with Crippen molar-refractivity contribution in [3.8, 4) is 39.3 Å². The average molecular weight is 550 g/mol. The van der Waals surface area contributed by atoms with E-state index in [0.717, 1.165) is 22.4 Å². The minimum Gasteiger partial charge on any atom is -0.327 e. The van der Waals surface area contributed by atoms with Crippen LogP contribution in [0.15, 0.2) is 146 Å². The molecule has 0 amide bonds. The van der Waals surface area contributed by atoms with Gasteiger partial charge in [0.05, 0.1) is 22.1 Å². The molecular weight excluding hydrogens is 522 g/mol. The van der Waals surface area contributed by atoms with E-state index in [9.17, 15) is 0 Å². The van der Waals surface area contributed by atoms with Crippen LogP contribution < -0.4 is 0 Å². The lowest BCUT2D eigenvalue weighted by molar-refractivity contribution is 0.959. The molecule has 0 saturated heterocycles. The first-order valence-corrected chi connectivity index (χ1v) is 14.7. The van der Waals surface area contributed by atoms with Gasteiger partial charge in [-0.2, -0.15) is 0 Å². The Labute approximate surface area is 249 Å². The van der Waals surface area contributed by atoms with E-state index >= 15 is 0 Å². The number of hydrogen-bond donors (Lipinski definition) is 0. The Morgan fingerprint density at radius 3 is 2.05 bits per heavy atom. The number of aryl methyl sites for hydroxylation is 1. The maximum atomic E-state index is 5.02. The topological polar surface area (TPSA) is 22.8 Å². The standard InChI is InChI=1S/C40H27N3/c1-42-35-22-19-29(25-34(35)41-40(42)27-10-4-2-5-11-27)28-13-8-14-30(24-28)32-21-23-37-39-33(32)20-18-26-12-9-17-36(38(26)39)43(37)31-15-6-3-7-16-31/h2-25H,1H3. The second-order valence-corrected chi connectivity index (χ2v) is 11.3. The summed E-state index contributed by atoms with van der Waals surface area (Å²) in [5.74, 6) is 0.981. The Balaban J connectivity index is 1.20. The minimum atomic E-state index is 0.981. The molecule has 0 bridgehead atoms. The molecule has 3 nitrogen and oxygen atoms in total. The van der Waals surface area contributed by atoms with Crippen molar-refractivity contribution >= 4 is 43.6 Å². The Hall–Kier alpha value is -5.67. The SMILES string of the molecule is Cn1c(-c2ccccc2)nc2cc(-c3cccc(-c4ccc5c6c4ccc4cccc(c46)n5-c4ccccc4)c3)ccc21. The Kier molecular flexibility index (Phi) is 5.11. The number of fused-ring (bicyclic) bond motifs is 1. The van der Waals surface area contributed by atoms with Gasteiger partial charge in [0.2, 0.25) is 0 Å². The molecule has 2 heterocycles. The molecule has 0 atom stereocenters. The lowest BCUT2D eigenvalue weighted by atomic mass is 9.93. The Morgan fingerprint density at radius 1 is 0.488 bits per heavy atom. The fourth-order valence-electron chi connectivity index (χ4n) is 6.89. The van der Waals surface area contributed by atoms with Gasteiger partial charge in [-0.25, -0.2) is 4.98 Å². The van der Waals surface area contributed by atoms with Crippen LogP contribution in [0.5, 0.6) is 0 Å². The summed E-state index contributed by atoms with van der Waals surface area (Å²) in [6.07, 6.45) is 0. The molecule has 202 valence electrons. The molecule has 9 rings (SSSR count). The number of hydrogen-bond acceptors (Lipinski definition) is 1. The number of imidazole rings is 1. The lowest BCUT2D eigenvalue weighted by Gasteiger charge is -2.11. The Morgan fingerprint density at radius 2 is 1.19 bits per heavy atom. The van der Waals surface area contributed by atoms with Gasteiger partial charge in [-0.3, -0.25) is 0 Å². The van der Waals surface area contributed by atoms with E-state index in [2.05, 4.69) is 156 Å². The molecule has 0 aliphatic rings. The minimum absolute atomic E-state index is 0.981. The van der Waals surface area contributed by atoms with Gasteiger partial charge in [0.15, 0.2) is 0 Å². The van der Waals surface area contributed by atoms with Crippen LogP contribution in [0.3, 0.4) is 0 Å². The number of rotatable bonds is 4. The van der Waals surface area contributed by atoms with Crippen LogP contribution in [0.25, 0.3) is 82.9 Å². The molecule has 7 aromatic carbocycles. The smallest absolute Gasteiger partial charge is 0.140 e. The van der Waals surface area contributed by atoms with E-state index in [1.807, 2.05) is 6.07 Å². The number of aromatic nitrogens is 3. The predicted molar refractivity (Wildman–Crippen MR) is 180 cm³/mol. The quantitative estimate of drug-likeness (QED) is 0.200. The third-order valence-electron chi connectivity index (χ3n) is 8.89. The van der Waals surface area contributed by atoms with Crippen molar-refractivity contribution in [3.05, 3.63) is 146 Å². The first-order chi connectivity index (χ1) is 21.2. The van der Waals surface area contributed by atoms with E-state index in [-0.39, 0.29) is 0 Å². The van der Waals surface area contributed by atoms with Crippen molar-refractivity contribution < 1.29 is 0 Å².